The van der Waals surface area contributed by atoms with Gasteiger partial charge in [-0.05, 0) is 30.7 Å². The molecule has 1 atom stereocenters. The number of rotatable bonds is 12. The lowest BCUT2D eigenvalue weighted by Gasteiger charge is -2.16. The van der Waals surface area contributed by atoms with E-state index in [0.29, 0.717) is 0 Å². The van der Waals surface area contributed by atoms with Crippen molar-refractivity contribution in [3.63, 3.8) is 0 Å². The van der Waals surface area contributed by atoms with Crippen LogP contribution in [0.1, 0.15) is 82.6 Å². The quantitative estimate of drug-likeness (QED) is 0.287. The van der Waals surface area contributed by atoms with Crippen molar-refractivity contribution >= 4 is 0 Å². The van der Waals surface area contributed by atoms with Crippen molar-refractivity contribution < 1.29 is 0 Å². The molecule has 0 fully saturated rings. The van der Waals surface area contributed by atoms with Crippen molar-refractivity contribution in [3.05, 3.63) is 48.6 Å². The third-order valence-electron chi connectivity index (χ3n) is 4.15. The van der Waals surface area contributed by atoms with E-state index in [-0.39, 0.29) is 0 Å². The van der Waals surface area contributed by atoms with E-state index >= 15 is 0 Å². The molecule has 1 aromatic rings. The van der Waals surface area contributed by atoms with Crippen LogP contribution in [0.4, 0.5) is 0 Å². The first kappa shape index (κ1) is 17.0. The molecular weight excluding hydrogens is 240 g/mol. The number of unbranched alkanes of at least 4 members (excludes halogenated alkanes) is 6. The monoisotopic (exact) mass is 272 g/mol. The van der Waals surface area contributed by atoms with Crippen LogP contribution in [-0.2, 0) is 0 Å². The molecule has 0 N–H and O–H groups in total. The number of benzene rings is 1. The van der Waals surface area contributed by atoms with Crippen LogP contribution >= 0.6 is 0 Å². The van der Waals surface area contributed by atoms with Crippen LogP contribution in [0.5, 0.6) is 0 Å². The van der Waals surface area contributed by atoms with Gasteiger partial charge in [0.2, 0.25) is 0 Å². The normalized spacial score (nSPS) is 12.2. The second-order valence-corrected chi connectivity index (χ2v) is 5.88. The highest BCUT2D eigenvalue weighted by molar-refractivity contribution is 5.19. The van der Waals surface area contributed by atoms with Crippen molar-refractivity contribution in [2.24, 2.45) is 0 Å². The van der Waals surface area contributed by atoms with Gasteiger partial charge in [-0.2, -0.15) is 0 Å². The second-order valence-electron chi connectivity index (χ2n) is 5.88. The maximum atomic E-state index is 3.86. The zero-order chi connectivity index (χ0) is 14.5. The molecule has 0 heterocycles. The summed E-state index contributed by atoms with van der Waals surface area (Å²) < 4.78 is 0. The average molecular weight is 272 g/mol. The van der Waals surface area contributed by atoms with Gasteiger partial charge in [-0.25, -0.2) is 0 Å². The zero-order valence-electron chi connectivity index (χ0n) is 13.3. The number of hydrogen-bond donors (Lipinski definition) is 0. The fraction of sp³-hybridized carbons (Fsp3) is 0.600. The van der Waals surface area contributed by atoms with Crippen LogP contribution in [0, 0.1) is 0 Å². The van der Waals surface area contributed by atoms with Crippen LogP contribution in [0.3, 0.4) is 0 Å². The van der Waals surface area contributed by atoms with Gasteiger partial charge in [0.25, 0.3) is 0 Å². The maximum absolute atomic E-state index is 3.86. The molecular formula is C20H32. The van der Waals surface area contributed by atoms with Crippen LogP contribution < -0.4 is 0 Å². The third kappa shape index (κ3) is 7.53. The maximum Gasteiger partial charge on any atom is -0.0159 e. The molecule has 0 aliphatic rings. The highest BCUT2D eigenvalue weighted by Crippen LogP contribution is 2.27. The summed E-state index contributed by atoms with van der Waals surface area (Å²) in [5.41, 5.74) is 1.51. The first-order valence-electron chi connectivity index (χ1n) is 8.54. The van der Waals surface area contributed by atoms with E-state index in [1.54, 1.807) is 0 Å². The van der Waals surface area contributed by atoms with Crippen molar-refractivity contribution in [1.82, 2.24) is 0 Å². The Morgan fingerprint density at radius 3 is 2.20 bits per heavy atom. The van der Waals surface area contributed by atoms with Crippen LogP contribution in [-0.4, -0.2) is 0 Å². The summed E-state index contributed by atoms with van der Waals surface area (Å²) in [6, 6.07) is 11.0. The van der Waals surface area contributed by atoms with E-state index in [4.69, 9.17) is 0 Å². The van der Waals surface area contributed by atoms with Crippen molar-refractivity contribution in [3.8, 4) is 0 Å². The van der Waals surface area contributed by atoms with E-state index < -0.39 is 0 Å². The zero-order valence-corrected chi connectivity index (χ0v) is 13.3. The Balaban J connectivity index is 2.25. The average Bonchev–Trinajstić information content (AvgIpc) is 2.50. The highest BCUT2D eigenvalue weighted by atomic mass is 14.1. The minimum absolute atomic E-state index is 0.727. The van der Waals surface area contributed by atoms with E-state index in [2.05, 4.69) is 49.9 Å². The van der Waals surface area contributed by atoms with E-state index in [0.717, 1.165) is 12.3 Å². The molecule has 0 aliphatic heterocycles. The molecule has 0 saturated carbocycles. The smallest absolute Gasteiger partial charge is 0.0159 e. The summed E-state index contributed by atoms with van der Waals surface area (Å²) in [4.78, 5) is 0. The van der Waals surface area contributed by atoms with Gasteiger partial charge in [0.1, 0.15) is 0 Å². The van der Waals surface area contributed by atoms with Crippen LogP contribution in [0.15, 0.2) is 43.0 Å². The standard InChI is InChI=1S/C20H32/c1-3-5-7-8-9-10-12-16-19(15-6-4-2)20-17-13-11-14-18-20/h4,11,13-14,17-19H,2-3,5-10,12,15-16H2,1H3. The third-order valence-corrected chi connectivity index (χ3v) is 4.15. The largest absolute Gasteiger partial charge is 0.103 e. The Morgan fingerprint density at radius 1 is 0.900 bits per heavy atom. The lowest BCUT2D eigenvalue weighted by Crippen LogP contribution is -1.99. The molecule has 20 heavy (non-hydrogen) atoms. The van der Waals surface area contributed by atoms with Crippen molar-refractivity contribution in [1.29, 1.82) is 0 Å². The molecule has 0 radical (unpaired) electrons. The fourth-order valence-corrected chi connectivity index (χ4v) is 2.87. The summed E-state index contributed by atoms with van der Waals surface area (Å²) in [7, 11) is 0. The van der Waals surface area contributed by atoms with Crippen LogP contribution in [0.2, 0.25) is 0 Å². The van der Waals surface area contributed by atoms with Gasteiger partial charge in [-0.15, -0.1) is 6.58 Å². The van der Waals surface area contributed by atoms with Gasteiger partial charge >= 0.3 is 0 Å². The van der Waals surface area contributed by atoms with Crippen LogP contribution in [0.25, 0.3) is 0 Å². The first-order valence-corrected chi connectivity index (χ1v) is 8.54. The predicted octanol–water partition coefficient (Wildman–Crippen LogP) is 6.88. The molecule has 0 aromatic heterocycles. The summed E-state index contributed by atoms with van der Waals surface area (Å²) in [6.45, 7) is 6.15. The van der Waals surface area contributed by atoms with Gasteiger partial charge < -0.3 is 0 Å². The first-order chi connectivity index (χ1) is 9.88. The molecule has 0 nitrogen and oxygen atoms in total. The SMILES string of the molecule is C=CCCC(CCCCCCCCC)c1ccccc1. The molecule has 1 unspecified atom stereocenters. The Morgan fingerprint density at radius 2 is 1.55 bits per heavy atom. The Kier molecular flexibility index (Phi) is 10.0. The number of allylic oxidation sites excluding steroid dienone is 1. The molecule has 0 amide bonds. The van der Waals surface area contributed by atoms with E-state index in [1.165, 1.54) is 63.4 Å². The highest BCUT2D eigenvalue weighted by Gasteiger charge is 2.09. The predicted molar refractivity (Wildman–Crippen MR) is 91.2 cm³/mol. The summed E-state index contributed by atoms with van der Waals surface area (Å²) in [6.07, 6.45) is 15.6. The lowest BCUT2D eigenvalue weighted by molar-refractivity contribution is 0.516. The second kappa shape index (κ2) is 11.8. The Bertz CT molecular complexity index is 325. The summed E-state index contributed by atoms with van der Waals surface area (Å²) in [5.74, 6) is 0.727. The number of hydrogen-bond acceptors (Lipinski definition) is 0. The minimum Gasteiger partial charge on any atom is -0.103 e. The molecule has 0 bridgehead atoms. The van der Waals surface area contributed by atoms with Gasteiger partial charge in [0.05, 0.1) is 0 Å². The van der Waals surface area contributed by atoms with E-state index in [1.807, 2.05) is 0 Å². The fourth-order valence-electron chi connectivity index (χ4n) is 2.87. The Labute approximate surface area is 126 Å². The van der Waals surface area contributed by atoms with Gasteiger partial charge in [0.15, 0.2) is 0 Å². The topological polar surface area (TPSA) is 0 Å². The molecule has 0 spiro atoms. The molecule has 1 rings (SSSR count). The van der Waals surface area contributed by atoms with Gasteiger partial charge in [-0.3, -0.25) is 0 Å². The van der Waals surface area contributed by atoms with Gasteiger partial charge in [-0.1, -0.05) is 88.3 Å². The van der Waals surface area contributed by atoms with E-state index in [9.17, 15) is 0 Å². The summed E-state index contributed by atoms with van der Waals surface area (Å²) >= 11 is 0. The Hall–Kier alpha value is -1.04. The minimum atomic E-state index is 0.727. The van der Waals surface area contributed by atoms with Crippen molar-refractivity contribution in [2.75, 3.05) is 0 Å². The van der Waals surface area contributed by atoms with Gasteiger partial charge in [0, 0.05) is 0 Å². The summed E-state index contributed by atoms with van der Waals surface area (Å²) in [5, 5.41) is 0. The lowest BCUT2D eigenvalue weighted by atomic mass is 9.89. The van der Waals surface area contributed by atoms with Crippen molar-refractivity contribution in [2.45, 2.75) is 77.0 Å². The molecule has 0 saturated heterocycles. The molecule has 0 aliphatic carbocycles. The molecule has 1 aromatic carbocycles. The molecule has 0 heteroatoms. The molecule has 112 valence electrons.